The van der Waals surface area contributed by atoms with E-state index in [1.54, 1.807) is 0 Å². The van der Waals surface area contributed by atoms with E-state index in [0.29, 0.717) is 10.2 Å². The molecule has 0 aliphatic carbocycles. The van der Waals surface area contributed by atoms with Crippen molar-refractivity contribution in [1.82, 2.24) is 21.3 Å². The largest absolute Gasteiger partial charge is 0.363 e. The fraction of sp³-hybridized carbons (Fsp3) is 0.391. The maximum atomic E-state index is 5.39. The number of thiocarbonyl (C=S) groups is 2. The highest BCUT2D eigenvalue weighted by atomic mass is 32.1. The summed E-state index contributed by atoms with van der Waals surface area (Å²) in [6.07, 6.45) is 3.27. The Morgan fingerprint density at radius 3 is 1.41 bits per heavy atom. The molecule has 2 rings (SSSR count). The van der Waals surface area contributed by atoms with Crippen LogP contribution >= 0.6 is 24.4 Å². The molecule has 0 unspecified atom stereocenters. The fourth-order valence-corrected chi connectivity index (χ4v) is 3.53. The number of rotatable bonds is 10. The van der Waals surface area contributed by atoms with Crippen LogP contribution in [-0.4, -0.2) is 23.3 Å². The Bertz CT molecular complexity index is 674. The average Bonchev–Trinajstić information content (AvgIpc) is 2.74. The van der Waals surface area contributed by atoms with Crippen molar-refractivity contribution in [3.05, 3.63) is 71.8 Å². The Balaban J connectivity index is 1.49. The van der Waals surface area contributed by atoms with E-state index in [2.05, 4.69) is 59.4 Å². The van der Waals surface area contributed by atoms with Gasteiger partial charge in [0.05, 0.1) is 12.1 Å². The lowest BCUT2D eigenvalue weighted by Crippen LogP contribution is -2.37. The van der Waals surface area contributed by atoms with E-state index >= 15 is 0 Å². The third-order valence-electron chi connectivity index (χ3n) is 4.72. The van der Waals surface area contributed by atoms with Gasteiger partial charge < -0.3 is 21.3 Å². The van der Waals surface area contributed by atoms with Gasteiger partial charge in [-0.15, -0.1) is 0 Å². The smallest absolute Gasteiger partial charge is 0.166 e. The minimum atomic E-state index is 0.201. The van der Waals surface area contributed by atoms with Crippen molar-refractivity contribution in [2.75, 3.05) is 13.1 Å². The third kappa shape index (κ3) is 9.24. The second kappa shape index (κ2) is 13.1. The van der Waals surface area contributed by atoms with Crippen LogP contribution in [0.4, 0.5) is 0 Å². The van der Waals surface area contributed by atoms with Crippen molar-refractivity contribution in [1.29, 1.82) is 0 Å². The highest BCUT2D eigenvalue weighted by Gasteiger charge is 2.06. The first-order chi connectivity index (χ1) is 14.1. The topological polar surface area (TPSA) is 48.1 Å². The molecule has 4 nitrogen and oxygen atoms in total. The van der Waals surface area contributed by atoms with Crippen LogP contribution in [0.1, 0.15) is 56.3 Å². The molecule has 0 saturated carbocycles. The molecule has 29 heavy (non-hydrogen) atoms. The van der Waals surface area contributed by atoms with Crippen LogP contribution in [0.2, 0.25) is 0 Å². The van der Waals surface area contributed by atoms with Crippen LogP contribution in [0.5, 0.6) is 0 Å². The van der Waals surface area contributed by atoms with Gasteiger partial charge in [-0.25, -0.2) is 0 Å². The molecule has 0 fully saturated rings. The fourth-order valence-electron chi connectivity index (χ4n) is 2.98. The SMILES string of the molecule is C[C@H](NC(=S)NCCCCCNC(=S)N[C@@H](C)c1ccccc1)c1ccccc1. The van der Waals surface area contributed by atoms with Gasteiger partial charge >= 0.3 is 0 Å². The Morgan fingerprint density at radius 2 is 1.03 bits per heavy atom. The summed E-state index contributed by atoms with van der Waals surface area (Å²) in [5.41, 5.74) is 2.46. The lowest BCUT2D eigenvalue weighted by molar-refractivity contribution is 0.630. The van der Waals surface area contributed by atoms with Crippen LogP contribution in [0.3, 0.4) is 0 Å². The first-order valence-corrected chi connectivity index (χ1v) is 11.1. The predicted octanol–water partition coefficient (Wildman–Crippen LogP) is 4.61. The van der Waals surface area contributed by atoms with Gasteiger partial charge in [-0.3, -0.25) is 0 Å². The quantitative estimate of drug-likeness (QED) is 0.328. The summed E-state index contributed by atoms with van der Waals surface area (Å²) in [4.78, 5) is 0. The Kier molecular flexibility index (Phi) is 10.5. The minimum absolute atomic E-state index is 0.201. The van der Waals surface area contributed by atoms with E-state index in [1.165, 1.54) is 11.1 Å². The van der Waals surface area contributed by atoms with Gasteiger partial charge in [0.1, 0.15) is 0 Å². The second-order valence-electron chi connectivity index (χ2n) is 7.13. The number of unbranched alkanes of at least 4 members (excludes halogenated alkanes) is 2. The van der Waals surface area contributed by atoms with Gasteiger partial charge in [0.25, 0.3) is 0 Å². The predicted molar refractivity (Wildman–Crippen MR) is 131 cm³/mol. The minimum Gasteiger partial charge on any atom is -0.363 e. The number of hydrogen-bond acceptors (Lipinski definition) is 2. The number of hydrogen-bond donors (Lipinski definition) is 4. The molecule has 2 aromatic carbocycles. The van der Waals surface area contributed by atoms with Crippen LogP contribution < -0.4 is 21.3 Å². The highest BCUT2D eigenvalue weighted by Crippen LogP contribution is 2.11. The van der Waals surface area contributed by atoms with Gasteiger partial charge in [-0.1, -0.05) is 60.7 Å². The molecule has 0 aromatic heterocycles. The Morgan fingerprint density at radius 1 is 0.655 bits per heavy atom. The molecule has 0 bridgehead atoms. The molecule has 156 valence electrons. The standard InChI is InChI=1S/C23H32N4S2/c1-18(20-12-6-3-7-13-20)26-22(28)24-16-10-5-11-17-25-23(29)27-19(2)21-14-8-4-9-15-21/h3-4,6-9,12-15,18-19H,5,10-11,16-17H2,1-2H3,(H2,24,26,28)(H2,25,27,29)/t18-,19-/m0/s1. The highest BCUT2D eigenvalue weighted by molar-refractivity contribution is 7.80. The van der Waals surface area contributed by atoms with E-state index in [0.717, 1.165) is 32.4 Å². The van der Waals surface area contributed by atoms with Crippen molar-refractivity contribution in [2.45, 2.75) is 45.2 Å². The zero-order valence-electron chi connectivity index (χ0n) is 17.3. The molecule has 0 aliphatic heterocycles. The van der Waals surface area contributed by atoms with E-state index in [-0.39, 0.29) is 12.1 Å². The monoisotopic (exact) mass is 428 g/mol. The van der Waals surface area contributed by atoms with E-state index < -0.39 is 0 Å². The Labute approximate surface area is 185 Å². The summed E-state index contributed by atoms with van der Waals surface area (Å²) < 4.78 is 0. The van der Waals surface area contributed by atoms with Gasteiger partial charge in [0.15, 0.2) is 10.2 Å². The molecular formula is C23H32N4S2. The second-order valence-corrected chi connectivity index (χ2v) is 7.94. The molecule has 0 radical (unpaired) electrons. The third-order valence-corrected chi connectivity index (χ3v) is 5.24. The first kappa shape index (κ1) is 23.1. The lowest BCUT2D eigenvalue weighted by atomic mass is 10.1. The number of nitrogens with one attached hydrogen (secondary N) is 4. The van der Waals surface area contributed by atoms with Crippen molar-refractivity contribution in [2.24, 2.45) is 0 Å². The number of benzene rings is 2. The molecule has 0 spiro atoms. The summed E-state index contributed by atoms with van der Waals surface area (Å²) in [6, 6.07) is 21.0. The van der Waals surface area contributed by atoms with Crippen molar-refractivity contribution in [3.8, 4) is 0 Å². The van der Waals surface area contributed by atoms with Crippen LogP contribution in [-0.2, 0) is 0 Å². The van der Waals surface area contributed by atoms with E-state index in [9.17, 15) is 0 Å². The normalized spacial score (nSPS) is 12.5. The summed E-state index contributed by atoms with van der Waals surface area (Å²) in [5, 5.41) is 14.6. The van der Waals surface area contributed by atoms with E-state index in [4.69, 9.17) is 24.4 Å². The first-order valence-electron chi connectivity index (χ1n) is 10.2. The van der Waals surface area contributed by atoms with E-state index in [1.807, 2.05) is 36.4 Å². The molecule has 0 amide bonds. The molecule has 2 atom stereocenters. The Hall–Kier alpha value is -2.18. The summed E-state index contributed by atoms with van der Waals surface area (Å²) in [5.74, 6) is 0. The van der Waals surface area contributed by atoms with Crippen molar-refractivity contribution in [3.63, 3.8) is 0 Å². The van der Waals surface area contributed by atoms with Crippen LogP contribution in [0.15, 0.2) is 60.7 Å². The molecule has 0 aliphatic rings. The maximum absolute atomic E-state index is 5.39. The van der Waals surface area contributed by atoms with Gasteiger partial charge in [0, 0.05) is 13.1 Å². The maximum Gasteiger partial charge on any atom is 0.166 e. The lowest BCUT2D eigenvalue weighted by Gasteiger charge is -2.18. The van der Waals surface area contributed by atoms with Crippen molar-refractivity contribution < 1.29 is 0 Å². The molecule has 4 N–H and O–H groups in total. The molecular weight excluding hydrogens is 396 g/mol. The molecule has 6 heteroatoms. The molecule has 2 aromatic rings. The van der Waals surface area contributed by atoms with Gasteiger partial charge in [0.2, 0.25) is 0 Å². The van der Waals surface area contributed by atoms with Gasteiger partial charge in [-0.05, 0) is 68.7 Å². The zero-order chi connectivity index (χ0) is 20.9. The van der Waals surface area contributed by atoms with Gasteiger partial charge in [-0.2, -0.15) is 0 Å². The van der Waals surface area contributed by atoms with Crippen LogP contribution in [0.25, 0.3) is 0 Å². The van der Waals surface area contributed by atoms with Crippen LogP contribution in [0, 0.1) is 0 Å². The summed E-state index contributed by atoms with van der Waals surface area (Å²) in [6.45, 7) is 5.98. The summed E-state index contributed by atoms with van der Waals surface area (Å²) in [7, 11) is 0. The van der Waals surface area contributed by atoms with Crippen molar-refractivity contribution >= 4 is 34.7 Å². The molecule has 0 heterocycles. The average molecular weight is 429 g/mol. The summed E-state index contributed by atoms with van der Waals surface area (Å²) >= 11 is 10.8. The zero-order valence-corrected chi connectivity index (χ0v) is 18.9. The molecule has 0 saturated heterocycles.